The number of benzene rings is 2. The van der Waals surface area contributed by atoms with Crippen molar-refractivity contribution in [2.45, 2.75) is 13.8 Å². The number of hydrogen-bond donors (Lipinski definition) is 1. The molecule has 0 aliphatic rings. The number of fused-ring (bicyclic) bond motifs is 1. The van der Waals surface area contributed by atoms with Gasteiger partial charge in [-0.3, -0.25) is 14.0 Å². The summed E-state index contributed by atoms with van der Waals surface area (Å²) in [5.41, 5.74) is 3.94. The summed E-state index contributed by atoms with van der Waals surface area (Å²) in [7, 11) is 0. The SMILES string of the molecule is Cc1ccc(C)c(NC(=O)c2cnc3scc(-c4ccccc4)n3c2=O)c1. The van der Waals surface area contributed by atoms with Crippen LogP contribution in [0.3, 0.4) is 0 Å². The van der Waals surface area contributed by atoms with Crippen molar-refractivity contribution in [1.29, 1.82) is 0 Å². The molecule has 2 aromatic heterocycles. The third-order valence-electron chi connectivity index (χ3n) is 4.40. The molecule has 134 valence electrons. The molecule has 0 aliphatic carbocycles. The van der Waals surface area contributed by atoms with Crippen LogP contribution in [0.5, 0.6) is 0 Å². The van der Waals surface area contributed by atoms with Crippen LogP contribution in [-0.2, 0) is 0 Å². The normalized spacial score (nSPS) is 10.9. The first-order valence-electron chi connectivity index (χ1n) is 8.48. The van der Waals surface area contributed by atoms with E-state index in [1.807, 2.05) is 67.8 Å². The molecular weight excluding hydrogens is 358 g/mol. The van der Waals surface area contributed by atoms with Crippen LogP contribution in [0.25, 0.3) is 16.2 Å². The molecule has 0 bridgehead atoms. The Bertz CT molecular complexity index is 1210. The van der Waals surface area contributed by atoms with E-state index >= 15 is 0 Å². The average molecular weight is 375 g/mol. The molecule has 1 N–H and O–H groups in total. The number of anilines is 1. The maximum atomic E-state index is 13.0. The van der Waals surface area contributed by atoms with Gasteiger partial charge in [0.2, 0.25) is 0 Å². The zero-order valence-corrected chi connectivity index (χ0v) is 15.7. The first-order valence-corrected chi connectivity index (χ1v) is 9.36. The number of aromatic nitrogens is 2. The highest BCUT2D eigenvalue weighted by Gasteiger charge is 2.17. The molecule has 1 amide bonds. The van der Waals surface area contributed by atoms with Crippen molar-refractivity contribution < 1.29 is 4.79 Å². The van der Waals surface area contributed by atoms with Gasteiger partial charge in [0.15, 0.2) is 4.96 Å². The zero-order chi connectivity index (χ0) is 19.0. The van der Waals surface area contributed by atoms with Crippen LogP contribution < -0.4 is 10.9 Å². The van der Waals surface area contributed by atoms with Crippen molar-refractivity contribution in [2.75, 3.05) is 5.32 Å². The molecule has 0 spiro atoms. The number of nitrogens with zero attached hydrogens (tertiary/aromatic N) is 2. The monoisotopic (exact) mass is 375 g/mol. The van der Waals surface area contributed by atoms with Crippen molar-refractivity contribution in [1.82, 2.24) is 9.38 Å². The number of thiazole rings is 1. The fraction of sp³-hybridized carbons (Fsp3) is 0.0952. The molecule has 0 unspecified atom stereocenters. The van der Waals surface area contributed by atoms with Gasteiger partial charge >= 0.3 is 0 Å². The lowest BCUT2D eigenvalue weighted by atomic mass is 10.1. The van der Waals surface area contributed by atoms with Crippen LogP contribution in [0.4, 0.5) is 5.69 Å². The predicted molar refractivity (Wildman–Crippen MR) is 109 cm³/mol. The smallest absolute Gasteiger partial charge is 0.271 e. The highest BCUT2D eigenvalue weighted by molar-refractivity contribution is 7.15. The van der Waals surface area contributed by atoms with Gasteiger partial charge in [-0.25, -0.2) is 4.98 Å². The minimum absolute atomic E-state index is 0.0176. The molecule has 6 heteroatoms. The Morgan fingerprint density at radius 3 is 2.67 bits per heavy atom. The largest absolute Gasteiger partial charge is 0.322 e. The molecule has 0 saturated heterocycles. The third kappa shape index (κ3) is 3.15. The molecular formula is C21H17N3O2S. The van der Waals surface area contributed by atoms with Crippen LogP contribution in [0.2, 0.25) is 0 Å². The van der Waals surface area contributed by atoms with Crippen LogP contribution in [-0.4, -0.2) is 15.3 Å². The molecule has 0 aliphatic heterocycles. The van der Waals surface area contributed by atoms with E-state index in [-0.39, 0.29) is 11.1 Å². The minimum Gasteiger partial charge on any atom is -0.322 e. The van der Waals surface area contributed by atoms with Gasteiger partial charge in [-0.05, 0) is 36.6 Å². The Morgan fingerprint density at radius 2 is 1.89 bits per heavy atom. The summed E-state index contributed by atoms with van der Waals surface area (Å²) in [5.74, 6) is -0.458. The van der Waals surface area contributed by atoms with Crippen molar-refractivity contribution in [3.63, 3.8) is 0 Å². The van der Waals surface area contributed by atoms with Crippen molar-refractivity contribution in [3.8, 4) is 11.3 Å². The van der Waals surface area contributed by atoms with E-state index in [1.54, 1.807) is 0 Å². The second-order valence-electron chi connectivity index (χ2n) is 6.35. The summed E-state index contributed by atoms with van der Waals surface area (Å²) in [5, 5.41) is 4.72. The molecule has 0 saturated carbocycles. The van der Waals surface area contributed by atoms with E-state index in [0.29, 0.717) is 10.6 Å². The lowest BCUT2D eigenvalue weighted by molar-refractivity contribution is 0.102. The van der Waals surface area contributed by atoms with E-state index in [2.05, 4.69) is 10.3 Å². The second kappa shape index (κ2) is 6.81. The van der Waals surface area contributed by atoms with Gasteiger partial charge in [0.1, 0.15) is 5.56 Å². The summed E-state index contributed by atoms with van der Waals surface area (Å²) < 4.78 is 1.50. The number of hydrogen-bond acceptors (Lipinski definition) is 4. The molecule has 27 heavy (non-hydrogen) atoms. The van der Waals surface area contributed by atoms with Gasteiger partial charge in [0, 0.05) is 17.3 Å². The number of carbonyl (C=O) groups is 1. The minimum atomic E-state index is -0.458. The van der Waals surface area contributed by atoms with Gasteiger partial charge in [-0.2, -0.15) is 0 Å². The summed E-state index contributed by atoms with van der Waals surface area (Å²) in [6.07, 6.45) is 1.35. The number of amides is 1. The summed E-state index contributed by atoms with van der Waals surface area (Å²) >= 11 is 1.37. The topological polar surface area (TPSA) is 63.5 Å². The molecule has 4 aromatic rings. The van der Waals surface area contributed by atoms with E-state index in [0.717, 1.165) is 22.4 Å². The van der Waals surface area contributed by atoms with Gasteiger partial charge in [-0.15, -0.1) is 11.3 Å². The lowest BCUT2D eigenvalue weighted by Gasteiger charge is -2.09. The van der Waals surface area contributed by atoms with Gasteiger partial charge in [0.25, 0.3) is 11.5 Å². The molecule has 4 rings (SSSR count). The van der Waals surface area contributed by atoms with Crippen molar-refractivity contribution >= 4 is 27.9 Å². The van der Waals surface area contributed by atoms with Gasteiger partial charge < -0.3 is 5.32 Å². The fourth-order valence-electron chi connectivity index (χ4n) is 2.92. The molecule has 5 nitrogen and oxygen atoms in total. The Labute approximate surface area is 160 Å². The van der Waals surface area contributed by atoms with Gasteiger partial charge in [0.05, 0.1) is 5.69 Å². The second-order valence-corrected chi connectivity index (χ2v) is 7.19. The maximum absolute atomic E-state index is 13.0. The van der Waals surface area contributed by atoms with E-state index in [1.165, 1.54) is 21.9 Å². The molecule has 0 fully saturated rings. The van der Waals surface area contributed by atoms with Crippen LogP contribution in [0.1, 0.15) is 21.5 Å². The molecule has 2 heterocycles. The number of aryl methyl sites for hydroxylation is 2. The highest BCUT2D eigenvalue weighted by atomic mass is 32.1. The zero-order valence-electron chi connectivity index (χ0n) is 14.9. The summed E-state index contributed by atoms with van der Waals surface area (Å²) in [4.78, 5) is 30.7. The number of nitrogens with one attached hydrogen (secondary N) is 1. The third-order valence-corrected chi connectivity index (χ3v) is 5.24. The molecule has 0 radical (unpaired) electrons. The first-order chi connectivity index (χ1) is 13.0. The Morgan fingerprint density at radius 1 is 1.11 bits per heavy atom. The number of rotatable bonds is 3. The van der Waals surface area contributed by atoms with Crippen molar-refractivity contribution in [3.05, 3.63) is 87.2 Å². The summed E-state index contributed by atoms with van der Waals surface area (Å²) in [6, 6.07) is 15.4. The Hall–Kier alpha value is -3.25. The van der Waals surface area contributed by atoms with Crippen LogP contribution in [0, 0.1) is 13.8 Å². The predicted octanol–water partition coefficient (Wildman–Crippen LogP) is 4.29. The average Bonchev–Trinajstić information content (AvgIpc) is 3.11. The quantitative estimate of drug-likeness (QED) is 0.581. The van der Waals surface area contributed by atoms with E-state index in [4.69, 9.17) is 0 Å². The molecule has 0 atom stereocenters. The fourth-order valence-corrected chi connectivity index (χ4v) is 3.78. The first kappa shape index (κ1) is 17.2. The number of carbonyl (C=O) groups excluding carboxylic acids is 1. The Kier molecular flexibility index (Phi) is 4.33. The standard InChI is InChI=1S/C21H17N3O2S/c1-13-8-9-14(2)17(10-13)23-19(25)16-11-22-21-24(20(16)26)18(12-27-21)15-6-4-3-5-7-15/h3-12H,1-2H3,(H,23,25). The van der Waals surface area contributed by atoms with Crippen LogP contribution in [0.15, 0.2) is 64.9 Å². The molecule has 2 aromatic carbocycles. The van der Waals surface area contributed by atoms with Gasteiger partial charge in [-0.1, -0.05) is 42.5 Å². The van der Waals surface area contributed by atoms with Crippen molar-refractivity contribution in [2.24, 2.45) is 0 Å². The van der Waals surface area contributed by atoms with Crippen LogP contribution >= 0.6 is 11.3 Å². The summed E-state index contributed by atoms with van der Waals surface area (Å²) in [6.45, 7) is 3.87. The lowest BCUT2D eigenvalue weighted by Crippen LogP contribution is -2.26. The highest BCUT2D eigenvalue weighted by Crippen LogP contribution is 2.24. The Balaban J connectivity index is 1.79. The van der Waals surface area contributed by atoms with E-state index in [9.17, 15) is 9.59 Å². The van der Waals surface area contributed by atoms with E-state index < -0.39 is 5.91 Å². The maximum Gasteiger partial charge on any atom is 0.271 e.